The standard InChI is InChI=1S/C14H24N4O2/c1-10-8-15-5-6-18(10)9-12(19)16-13-7-11(17-20-13)14(2,3)4/h7,10,15H,5-6,8-9H2,1-4H3,(H,16,19)/t10-/m0/s1. The van der Waals surface area contributed by atoms with Crippen LogP contribution in [0.1, 0.15) is 33.4 Å². The molecule has 0 aromatic carbocycles. The first-order chi connectivity index (χ1) is 9.36. The van der Waals surface area contributed by atoms with Crippen LogP contribution >= 0.6 is 0 Å². The van der Waals surface area contributed by atoms with E-state index in [2.05, 4.69) is 48.4 Å². The summed E-state index contributed by atoms with van der Waals surface area (Å²) in [5, 5.41) is 10.1. The van der Waals surface area contributed by atoms with Crippen molar-refractivity contribution in [2.45, 2.75) is 39.2 Å². The van der Waals surface area contributed by atoms with Crippen LogP contribution in [0.25, 0.3) is 0 Å². The number of piperazine rings is 1. The quantitative estimate of drug-likeness (QED) is 0.870. The Morgan fingerprint density at radius 1 is 1.60 bits per heavy atom. The van der Waals surface area contributed by atoms with Crippen molar-refractivity contribution in [1.82, 2.24) is 15.4 Å². The Morgan fingerprint density at radius 2 is 2.35 bits per heavy atom. The zero-order valence-electron chi connectivity index (χ0n) is 12.7. The predicted octanol–water partition coefficient (Wildman–Crippen LogP) is 1.20. The van der Waals surface area contributed by atoms with Crippen LogP contribution in [-0.4, -0.2) is 48.2 Å². The van der Waals surface area contributed by atoms with E-state index in [9.17, 15) is 4.79 Å². The van der Waals surface area contributed by atoms with Crippen LogP contribution in [0.5, 0.6) is 0 Å². The molecule has 1 amide bonds. The molecule has 1 aromatic heterocycles. The van der Waals surface area contributed by atoms with E-state index in [1.165, 1.54) is 0 Å². The van der Waals surface area contributed by atoms with Gasteiger partial charge in [-0.1, -0.05) is 25.9 Å². The molecule has 1 aliphatic heterocycles. The van der Waals surface area contributed by atoms with Crippen molar-refractivity contribution in [3.8, 4) is 0 Å². The van der Waals surface area contributed by atoms with Crippen molar-refractivity contribution < 1.29 is 9.32 Å². The highest BCUT2D eigenvalue weighted by atomic mass is 16.5. The fraction of sp³-hybridized carbons (Fsp3) is 0.714. The van der Waals surface area contributed by atoms with Crippen molar-refractivity contribution in [3.63, 3.8) is 0 Å². The molecule has 2 heterocycles. The number of amides is 1. The minimum atomic E-state index is -0.0838. The van der Waals surface area contributed by atoms with Crippen molar-refractivity contribution >= 4 is 11.8 Å². The molecule has 0 saturated carbocycles. The fourth-order valence-electron chi connectivity index (χ4n) is 2.17. The van der Waals surface area contributed by atoms with E-state index in [1.807, 2.05) is 0 Å². The van der Waals surface area contributed by atoms with Gasteiger partial charge in [-0.25, -0.2) is 0 Å². The molecule has 0 radical (unpaired) electrons. The summed E-state index contributed by atoms with van der Waals surface area (Å²) in [6, 6.07) is 2.16. The molecule has 1 fully saturated rings. The van der Waals surface area contributed by atoms with E-state index < -0.39 is 0 Å². The molecular formula is C14H24N4O2. The molecule has 2 rings (SSSR count). The molecule has 6 nitrogen and oxygen atoms in total. The lowest BCUT2D eigenvalue weighted by Gasteiger charge is -2.33. The van der Waals surface area contributed by atoms with Gasteiger partial charge in [0.2, 0.25) is 11.8 Å². The summed E-state index contributed by atoms with van der Waals surface area (Å²) in [6.07, 6.45) is 0. The number of rotatable bonds is 3. The average Bonchev–Trinajstić information content (AvgIpc) is 2.80. The number of nitrogens with one attached hydrogen (secondary N) is 2. The summed E-state index contributed by atoms with van der Waals surface area (Å²) in [5.74, 6) is 0.359. The molecule has 20 heavy (non-hydrogen) atoms. The topological polar surface area (TPSA) is 70.4 Å². The number of hydrogen-bond donors (Lipinski definition) is 2. The Kier molecular flexibility index (Phi) is 4.45. The van der Waals surface area contributed by atoms with Crippen LogP contribution < -0.4 is 10.6 Å². The lowest BCUT2D eigenvalue weighted by molar-refractivity contribution is -0.118. The largest absolute Gasteiger partial charge is 0.338 e. The minimum absolute atomic E-state index is 0.0599. The third kappa shape index (κ3) is 3.80. The molecule has 1 aromatic rings. The summed E-state index contributed by atoms with van der Waals surface area (Å²) < 4.78 is 5.17. The molecule has 6 heteroatoms. The highest BCUT2D eigenvalue weighted by molar-refractivity contribution is 5.91. The van der Waals surface area contributed by atoms with E-state index in [0.29, 0.717) is 18.5 Å². The zero-order chi connectivity index (χ0) is 14.8. The van der Waals surface area contributed by atoms with Gasteiger partial charge in [-0.3, -0.25) is 15.0 Å². The first-order valence-corrected chi connectivity index (χ1v) is 7.08. The van der Waals surface area contributed by atoms with Crippen LogP contribution in [0, 0.1) is 0 Å². The smallest absolute Gasteiger partial charge is 0.240 e. The van der Waals surface area contributed by atoms with Gasteiger partial charge in [0.15, 0.2) is 0 Å². The van der Waals surface area contributed by atoms with Gasteiger partial charge in [-0.2, -0.15) is 0 Å². The van der Waals surface area contributed by atoms with E-state index in [0.717, 1.165) is 25.3 Å². The number of carbonyl (C=O) groups excluding carboxylic acids is 1. The maximum atomic E-state index is 12.0. The van der Waals surface area contributed by atoms with Gasteiger partial charge in [-0.15, -0.1) is 0 Å². The van der Waals surface area contributed by atoms with Crippen LogP contribution in [0.3, 0.4) is 0 Å². The predicted molar refractivity (Wildman–Crippen MR) is 77.7 cm³/mol. The normalized spacial score (nSPS) is 20.9. The Bertz CT molecular complexity index is 464. The molecule has 112 valence electrons. The number of aromatic nitrogens is 1. The Hall–Kier alpha value is -1.40. The van der Waals surface area contributed by atoms with E-state index in [-0.39, 0.29) is 11.3 Å². The second-order valence-electron chi connectivity index (χ2n) is 6.40. The summed E-state index contributed by atoms with van der Waals surface area (Å²) in [4.78, 5) is 14.2. The third-order valence-corrected chi connectivity index (χ3v) is 3.53. The Morgan fingerprint density at radius 3 is 2.95 bits per heavy atom. The highest BCUT2D eigenvalue weighted by Gasteiger charge is 2.22. The zero-order valence-corrected chi connectivity index (χ0v) is 12.7. The van der Waals surface area contributed by atoms with Crippen LogP contribution in [0.2, 0.25) is 0 Å². The highest BCUT2D eigenvalue weighted by Crippen LogP contribution is 2.23. The lowest BCUT2D eigenvalue weighted by Crippen LogP contribution is -2.51. The van der Waals surface area contributed by atoms with Gasteiger partial charge in [0.05, 0.1) is 12.2 Å². The number of anilines is 1. The van der Waals surface area contributed by atoms with E-state index >= 15 is 0 Å². The van der Waals surface area contributed by atoms with Gasteiger partial charge in [0, 0.05) is 37.2 Å². The number of nitrogens with zero attached hydrogens (tertiary/aromatic N) is 2. The minimum Gasteiger partial charge on any atom is -0.338 e. The number of carbonyl (C=O) groups is 1. The van der Waals surface area contributed by atoms with Gasteiger partial charge in [0.25, 0.3) is 0 Å². The molecular weight excluding hydrogens is 256 g/mol. The summed E-state index contributed by atoms with van der Waals surface area (Å²) in [5.41, 5.74) is 0.753. The molecule has 0 spiro atoms. The van der Waals surface area contributed by atoms with E-state index in [1.54, 1.807) is 6.07 Å². The summed E-state index contributed by atoms with van der Waals surface area (Å²) >= 11 is 0. The maximum absolute atomic E-state index is 12.0. The second-order valence-corrected chi connectivity index (χ2v) is 6.40. The summed E-state index contributed by atoms with van der Waals surface area (Å²) in [7, 11) is 0. The van der Waals surface area contributed by atoms with Gasteiger partial charge < -0.3 is 9.84 Å². The maximum Gasteiger partial charge on any atom is 0.240 e. The summed E-state index contributed by atoms with van der Waals surface area (Å²) in [6.45, 7) is 11.4. The lowest BCUT2D eigenvalue weighted by atomic mass is 9.92. The van der Waals surface area contributed by atoms with Gasteiger partial charge >= 0.3 is 0 Å². The van der Waals surface area contributed by atoms with Gasteiger partial charge in [0.1, 0.15) is 0 Å². The fourth-order valence-corrected chi connectivity index (χ4v) is 2.17. The third-order valence-electron chi connectivity index (χ3n) is 3.53. The average molecular weight is 280 g/mol. The van der Waals surface area contributed by atoms with Crippen molar-refractivity contribution in [3.05, 3.63) is 11.8 Å². The van der Waals surface area contributed by atoms with Crippen LogP contribution in [-0.2, 0) is 10.2 Å². The van der Waals surface area contributed by atoms with Gasteiger partial charge in [-0.05, 0) is 6.92 Å². The van der Waals surface area contributed by atoms with Crippen LogP contribution in [0.4, 0.5) is 5.88 Å². The first-order valence-electron chi connectivity index (χ1n) is 7.08. The molecule has 0 unspecified atom stereocenters. The molecule has 1 aliphatic rings. The Balaban J connectivity index is 1.89. The van der Waals surface area contributed by atoms with Crippen molar-refractivity contribution in [2.24, 2.45) is 0 Å². The molecule has 1 saturated heterocycles. The van der Waals surface area contributed by atoms with E-state index in [4.69, 9.17) is 4.52 Å². The Labute approximate surface area is 119 Å². The SMILES string of the molecule is C[C@H]1CNCCN1CC(=O)Nc1cc(C(C)(C)C)no1. The second kappa shape index (κ2) is 5.93. The molecule has 1 atom stereocenters. The molecule has 2 N–H and O–H groups in total. The van der Waals surface area contributed by atoms with Crippen molar-refractivity contribution in [2.75, 3.05) is 31.5 Å². The van der Waals surface area contributed by atoms with Crippen molar-refractivity contribution in [1.29, 1.82) is 0 Å². The van der Waals surface area contributed by atoms with Crippen LogP contribution in [0.15, 0.2) is 10.6 Å². The molecule has 0 aliphatic carbocycles. The number of hydrogen-bond acceptors (Lipinski definition) is 5. The molecule has 0 bridgehead atoms. The monoisotopic (exact) mass is 280 g/mol. The first kappa shape index (κ1) is 15.0.